The number of hydrogen-bond acceptors (Lipinski definition) is 4. The number of aromatic nitrogens is 1. The molecule has 0 spiro atoms. The summed E-state index contributed by atoms with van der Waals surface area (Å²) in [5, 5.41) is 1.15. The molecule has 2 heterocycles. The Morgan fingerprint density at radius 2 is 2.05 bits per heavy atom. The van der Waals surface area contributed by atoms with Crippen molar-refractivity contribution >= 4 is 16.7 Å². The summed E-state index contributed by atoms with van der Waals surface area (Å²) in [5.74, 6) is 2.07. The van der Waals surface area contributed by atoms with Gasteiger partial charge in [0.15, 0.2) is 0 Å². The van der Waals surface area contributed by atoms with Gasteiger partial charge in [0, 0.05) is 18.5 Å². The molecule has 1 fully saturated rings. The molecule has 1 aliphatic rings. The van der Waals surface area contributed by atoms with Crippen LogP contribution in [0.1, 0.15) is 31.7 Å². The van der Waals surface area contributed by atoms with Crippen molar-refractivity contribution in [3.63, 3.8) is 0 Å². The number of fused-ring (bicyclic) bond motifs is 1. The molecule has 0 atom stereocenters. The number of rotatable bonds is 6. The predicted molar refractivity (Wildman–Crippen MR) is 91.7 cm³/mol. The Labute approximate surface area is 132 Å². The first-order valence-corrected chi connectivity index (χ1v) is 8.33. The molecule has 2 aromatic rings. The lowest BCUT2D eigenvalue weighted by molar-refractivity contribution is 0.340. The number of pyridine rings is 1. The van der Waals surface area contributed by atoms with Gasteiger partial charge in [-0.1, -0.05) is 0 Å². The monoisotopic (exact) mass is 299 g/mol. The van der Waals surface area contributed by atoms with Crippen LogP contribution >= 0.6 is 0 Å². The van der Waals surface area contributed by atoms with Crippen LogP contribution in [0.4, 0.5) is 5.82 Å². The van der Waals surface area contributed by atoms with E-state index in [1.807, 2.05) is 13.0 Å². The molecule has 118 valence electrons. The minimum Gasteiger partial charge on any atom is -0.494 e. The second kappa shape index (κ2) is 6.97. The SMILES string of the molecule is CCOc1ccc2nc(N3CCCC3)c(CCCN)cc2c1. The summed E-state index contributed by atoms with van der Waals surface area (Å²) in [6.07, 6.45) is 4.52. The Hall–Kier alpha value is -1.81. The van der Waals surface area contributed by atoms with Crippen LogP contribution in [0.15, 0.2) is 24.3 Å². The fourth-order valence-electron chi connectivity index (χ4n) is 3.12. The van der Waals surface area contributed by atoms with E-state index < -0.39 is 0 Å². The van der Waals surface area contributed by atoms with Crippen molar-refractivity contribution in [2.45, 2.75) is 32.6 Å². The van der Waals surface area contributed by atoms with Crippen LogP contribution in [0.5, 0.6) is 5.75 Å². The lowest BCUT2D eigenvalue weighted by Crippen LogP contribution is -2.21. The number of ether oxygens (including phenoxy) is 1. The second-order valence-corrected chi connectivity index (χ2v) is 5.85. The first-order chi connectivity index (χ1) is 10.8. The van der Waals surface area contributed by atoms with Gasteiger partial charge in [-0.25, -0.2) is 4.98 Å². The van der Waals surface area contributed by atoms with Gasteiger partial charge in [0.05, 0.1) is 12.1 Å². The van der Waals surface area contributed by atoms with E-state index in [0.29, 0.717) is 6.61 Å². The third kappa shape index (κ3) is 3.17. The summed E-state index contributed by atoms with van der Waals surface area (Å²) in [6.45, 7) is 5.64. The van der Waals surface area contributed by atoms with Gasteiger partial charge in [0.2, 0.25) is 0 Å². The summed E-state index contributed by atoms with van der Waals surface area (Å²) >= 11 is 0. The Morgan fingerprint density at radius 1 is 1.23 bits per heavy atom. The lowest BCUT2D eigenvalue weighted by atomic mass is 10.1. The molecule has 2 N–H and O–H groups in total. The van der Waals surface area contributed by atoms with Crippen LogP contribution in [0.2, 0.25) is 0 Å². The highest BCUT2D eigenvalue weighted by molar-refractivity contribution is 5.83. The van der Waals surface area contributed by atoms with Crippen LogP contribution in [-0.2, 0) is 6.42 Å². The number of benzene rings is 1. The molecular formula is C18H25N3O. The lowest BCUT2D eigenvalue weighted by Gasteiger charge is -2.21. The topological polar surface area (TPSA) is 51.4 Å². The highest BCUT2D eigenvalue weighted by Crippen LogP contribution is 2.29. The molecule has 0 amide bonds. The molecule has 1 aliphatic heterocycles. The van der Waals surface area contributed by atoms with E-state index in [4.69, 9.17) is 15.5 Å². The number of nitrogens with two attached hydrogens (primary N) is 1. The van der Waals surface area contributed by atoms with Gasteiger partial charge in [-0.15, -0.1) is 0 Å². The Bertz CT molecular complexity index is 636. The maximum Gasteiger partial charge on any atom is 0.132 e. The number of anilines is 1. The Morgan fingerprint density at radius 3 is 2.77 bits per heavy atom. The van der Waals surface area contributed by atoms with Crippen molar-refractivity contribution in [2.75, 3.05) is 31.1 Å². The van der Waals surface area contributed by atoms with Crippen LogP contribution in [0.25, 0.3) is 10.9 Å². The summed E-state index contributed by atoms with van der Waals surface area (Å²) in [5.41, 5.74) is 8.06. The van der Waals surface area contributed by atoms with E-state index in [0.717, 1.165) is 54.9 Å². The van der Waals surface area contributed by atoms with Crippen LogP contribution in [0, 0.1) is 0 Å². The molecule has 0 aliphatic carbocycles. The van der Waals surface area contributed by atoms with Crippen molar-refractivity contribution < 1.29 is 4.74 Å². The molecular weight excluding hydrogens is 274 g/mol. The van der Waals surface area contributed by atoms with Gasteiger partial charge < -0.3 is 15.4 Å². The molecule has 0 bridgehead atoms. The zero-order chi connectivity index (χ0) is 15.4. The standard InChI is InChI=1S/C18H25N3O/c1-2-22-16-7-8-17-15(13-16)12-14(6-5-9-19)18(20-17)21-10-3-4-11-21/h7-8,12-13H,2-6,9-11,19H2,1H3. The zero-order valence-corrected chi connectivity index (χ0v) is 13.3. The molecule has 0 unspecified atom stereocenters. The quantitative estimate of drug-likeness (QED) is 0.890. The highest BCUT2D eigenvalue weighted by Gasteiger charge is 2.18. The first kappa shape index (κ1) is 15.1. The minimum atomic E-state index is 0.685. The van der Waals surface area contributed by atoms with Crippen LogP contribution in [-0.4, -0.2) is 31.2 Å². The minimum absolute atomic E-state index is 0.685. The fraction of sp³-hybridized carbons (Fsp3) is 0.500. The number of hydrogen-bond donors (Lipinski definition) is 1. The predicted octanol–water partition coefficient (Wildman–Crippen LogP) is 3.13. The molecule has 4 heteroatoms. The van der Waals surface area contributed by atoms with E-state index in [9.17, 15) is 0 Å². The molecule has 1 aromatic heterocycles. The zero-order valence-electron chi connectivity index (χ0n) is 13.3. The van der Waals surface area contributed by atoms with Crippen molar-refractivity contribution in [2.24, 2.45) is 5.73 Å². The number of nitrogens with zero attached hydrogens (tertiary/aromatic N) is 2. The van der Waals surface area contributed by atoms with Crippen LogP contribution < -0.4 is 15.4 Å². The van der Waals surface area contributed by atoms with E-state index in [1.165, 1.54) is 18.4 Å². The summed E-state index contributed by atoms with van der Waals surface area (Å²) in [6, 6.07) is 8.43. The molecule has 1 saturated heterocycles. The first-order valence-electron chi connectivity index (χ1n) is 8.33. The van der Waals surface area contributed by atoms with E-state index >= 15 is 0 Å². The third-order valence-electron chi connectivity index (χ3n) is 4.21. The van der Waals surface area contributed by atoms with Crippen molar-refractivity contribution in [3.05, 3.63) is 29.8 Å². The summed E-state index contributed by atoms with van der Waals surface area (Å²) < 4.78 is 5.61. The molecule has 3 rings (SSSR count). The van der Waals surface area contributed by atoms with Crippen molar-refractivity contribution in [1.82, 2.24) is 4.98 Å². The van der Waals surface area contributed by atoms with Gasteiger partial charge >= 0.3 is 0 Å². The maximum absolute atomic E-state index is 5.70. The molecule has 4 nitrogen and oxygen atoms in total. The van der Waals surface area contributed by atoms with Gasteiger partial charge in [-0.05, 0) is 69.0 Å². The van der Waals surface area contributed by atoms with E-state index in [1.54, 1.807) is 0 Å². The molecule has 0 saturated carbocycles. The van der Waals surface area contributed by atoms with Gasteiger partial charge in [-0.3, -0.25) is 0 Å². The summed E-state index contributed by atoms with van der Waals surface area (Å²) in [7, 11) is 0. The molecule has 22 heavy (non-hydrogen) atoms. The second-order valence-electron chi connectivity index (χ2n) is 5.85. The summed E-state index contributed by atoms with van der Waals surface area (Å²) in [4.78, 5) is 7.36. The van der Waals surface area contributed by atoms with Crippen molar-refractivity contribution in [1.29, 1.82) is 0 Å². The maximum atomic E-state index is 5.70. The van der Waals surface area contributed by atoms with E-state index in [2.05, 4.69) is 23.1 Å². The van der Waals surface area contributed by atoms with E-state index in [-0.39, 0.29) is 0 Å². The third-order valence-corrected chi connectivity index (χ3v) is 4.21. The normalized spacial score (nSPS) is 14.7. The van der Waals surface area contributed by atoms with Crippen LogP contribution in [0.3, 0.4) is 0 Å². The average Bonchev–Trinajstić information content (AvgIpc) is 3.06. The van der Waals surface area contributed by atoms with Gasteiger partial charge in [0.25, 0.3) is 0 Å². The average molecular weight is 299 g/mol. The Balaban J connectivity index is 2.01. The Kier molecular flexibility index (Phi) is 4.78. The van der Waals surface area contributed by atoms with Gasteiger partial charge in [-0.2, -0.15) is 0 Å². The van der Waals surface area contributed by atoms with Crippen molar-refractivity contribution in [3.8, 4) is 5.75 Å². The molecule has 1 aromatic carbocycles. The molecule has 0 radical (unpaired) electrons. The highest BCUT2D eigenvalue weighted by atomic mass is 16.5. The van der Waals surface area contributed by atoms with Gasteiger partial charge in [0.1, 0.15) is 11.6 Å². The largest absolute Gasteiger partial charge is 0.494 e. The smallest absolute Gasteiger partial charge is 0.132 e. The number of aryl methyl sites for hydroxylation is 1. The fourth-order valence-corrected chi connectivity index (χ4v) is 3.12.